The van der Waals surface area contributed by atoms with Crippen molar-refractivity contribution in [2.24, 2.45) is 0 Å². The van der Waals surface area contributed by atoms with Crippen LogP contribution in [0.15, 0.2) is 48.0 Å². The molecular weight excluding hydrogens is 292 g/mol. The Bertz CT molecular complexity index is 968. The van der Waals surface area contributed by atoms with E-state index in [4.69, 9.17) is 0 Å². The number of thiazole rings is 1. The van der Waals surface area contributed by atoms with Gasteiger partial charge in [0.2, 0.25) is 0 Å². The smallest absolute Gasteiger partial charge is 0.154 e. The zero-order chi connectivity index (χ0) is 15.1. The van der Waals surface area contributed by atoms with Crippen molar-refractivity contribution in [1.82, 2.24) is 19.7 Å². The van der Waals surface area contributed by atoms with E-state index in [1.807, 2.05) is 42.2 Å². The van der Waals surface area contributed by atoms with Crippen molar-refractivity contribution in [3.63, 3.8) is 0 Å². The van der Waals surface area contributed by atoms with Crippen LogP contribution in [-0.4, -0.2) is 19.7 Å². The minimum absolute atomic E-state index is 0.840. The number of pyridine rings is 1. The molecule has 0 saturated heterocycles. The molecule has 3 aromatic heterocycles. The van der Waals surface area contributed by atoms with Gasteiger partial charge in [0, 0.05) is 11.3 Å². The Kier molecular flexibility index (Phi) is 3.01. The molecular formula is C17H14N4S. The third-order valence-electron chi connectivity index (χ3n) is 3.55. The van der Waals surface area contributed by atoms with E-state index in [1.165, 1.54) is 4.70 Å². The van der Waals surface area contributed by atoms with Crippen molar-refractivity contribution in [2.75, 3.05) is 0 Å². The standard InChI is InChI=1S/C17H14N4S/c1-11-4-3-5-17(19-11)21-15(8-12(2)20-21)13-6-7-14-16(9-13)22-10-18-14/h3-10H,1-2H3. The molecule has 0 amide bonds. The van der Waals surface area contributed by atoms with Gasteiger partial charge in [-0.25, -0.2) is 14.6 Å². The number of aryl methyl sites for hydroxylation is 2. The molecule has 4 rings (SSSR count). The number of nitrogens with zero attached hydrogens (tertiary/aromatic N) is 4. The van der Waals surface area contributed by atoms with Crippen molar-refractivity contribution in [1.29, 1.82) is 0 Å². The van der Waals surface area contributed by atoms with Crippen LogP contribution in [0.1, 0.15) is 11.4 Å². The molecule has 0 aliphatic carbocycles. The maximum atomic E-state index is 4.61. The minimum Gasteiger partial charge on any atom is -0.245 e. The van der Waals surface area contributed by atoms with Crippen LogP contribution < -0.4 is 0 Å². The maximum absolute atomic E-state index is 4.61. The minimum atomic E-state index is 0.840. The van der Waals surface area contributed by atoms with E-state index in [9.17, 15) is 0 Å². The molecule has 0 bridgehead atoms. The topological polar surface area (TPSA) is 43.6 Å². The summed E-state index contributed by atoms with van der Waals surface area (Å²) in [7, 11) is 0. The van der Waals surface area contributed by atoms with Crippen molar-refractivity contribution < 1.29 is 0 Å². The Labute approximate surface area is 132 Å². The molecule has 0 fully saturated rings. The lowest BCUT2D eigenvalue weighted by Gasteiger charge is -2.07. The highest BCUT2D eigenvalue weighted by molar-refractivity contribution is 7.16. The van der Waals surface area contributed by atoms with Crippen LogP contribution >= 0.6 is 11.3 Å². The molecule has 4 aromatic rings. The molecule has 1 aromatic carbocycles. The van der Waals surface area contributed by atoms with Gasteiger partial charge in [-0.15, -0.1) is 11.3 Å². The fourth-order valence-corrected chi connectivity index (χ4v) is 3.26. The Morgan fingerprint density at radius 2 is 1.91 bits per heavy atom. The summed E-state index contributed by atoms with van der Waals surface area (Å²) < 4.78 is 3.09. The summed E-state index contributed by atoms with van der Waals surface area (Å²) in [6.45, 7) is 3.99. The van der Waals surface area contributed by atoms with Crippen molar-refractivity contribution in [3.8, 4) is 17.1 Å². The second-order valence-corrected chi connectivity index (χ2v) is 6.14. The van der Waals surface area contributed by atoms with Gasteiger partial charge >= 0.3 is 0 Å². The van der Waals surface area contributed by atoms with E-state index >= 15 is 0 Å². The summed E-state index contributed by atoms with van der Waals surface area (Å²) in [4.78, 5) is 8.92. The summed E-state index contributed by atoms with van der Waals surface area (Å²) in [5.41, 5.74) is 7.04. The van der Waals surface area contributed by atoms with Gasteiger partial charge in [-0.1, -0.05) is 12.1 Å². The van der Waals surface area contributed by atoms with Gasteiger partial charge in [0.05, 0.1) is 27.1 Å². The first kappa shape index (κ1) is 13.2. The summed E-state index contributed by atoms with van der Waals surface area (Å²) in [6, 6.07) is 14.4. The first-order chi connectivity index (χ1) is 10.7. The molecule has 4 nitrogen and oxygen atoms in total. The Balaban J connectivity index is 1.91. The Morgan fingerprint density at radius 3 is 2.77 bits per heavy atom. The number of hydrogen-bond acceptors (Lipinski definition) is 4. The molecule has 0 spiro atoms. The third-order valence-corrected chi connectivity index (χ3v) is 4.34. The maximum Gasteiger partial charge on any atom is 0.154 e. The van der Waals surface area contributed by atoms with Crippen molar-refractivity contribution in [3.05, 3.63) is 59.4 Å². The van der Waals surface area contributed by atoms with Crippen molar-refractivity contribution in [2.45, 2.75) is 13.8 Å². The van der Waals surface area contributed by atoms with Crippen LogP contribution in [0.5, 0.6) is 0 Å². The number of rotatable bonds is 2. The van der Waals surface area contributed by atoms with E-state index in [1.54, 1.807) is 11.3 Å². The van der Waals surface area contributed by atoms with Gasteiger partial charge in [-0.05, 0) is 44.2 Å². The molecule has 5 heteroatoms. The monoisotopic (exact) mass is 306 g/mol. The van der Waals surface area contributed by atoms with E-state index in [-0.39, 0.29) is 0 Å². The highest BCUT2D eigenvalue weighted by Gasteiger charge is 2.12. The fraction of sp³-hybridized carbons (Fsp3) is 0.118. The Hall–Kier alpha value is -2.53. The quantitative estimate of drug-likeness (QED) is 0.558. The first-order valence-corrected chi connectivity index (χ1v) is 7.93. The number of aromatic nitrogens is 4. The number of fused-ring (bicyclic) bond motifs is 1. The van der Waals surface area contributed by atoms with Gasteiger partial charge in [0.1, 0.15) is 0 Å². The van der Waals surface area contributed by atoms with E-state index in [0.717, 1.165) is 34.0 Å². The molecule has 22 heavy (non-hydrogen) atoms. The lowest BCUT2D eigenvalue weighted by Crippen LogP contribution is -2.02. The highest BCUT2D eigenvalue weighted by atomic mass is 32.1. The third kappa shape index (κ3) is 2.19. The SMILES string of the molecule is Cc1cccc(-n2nc(C)cc2-c2ccc3ncsc3c2)n1. The lowest BCUT2D eigenvalue weighted by molar-refractivity contribution is 0.833. The zero-order valence-corrected chi connectivity index (χ0v) is 13.1. The summed E-state index contributed by atoms with van der Waals surface area (Å²) in [5.74, 6) is 0.840. The zero-order valence-electron chi connectivity index (χ0n) is 12.3. The summed E-state index contributed by atoms with van der Waals surface area (Å²) in [6.07, 6.45) is 0. The molecule has 0 aliphatic heterocycles. The van der Waals surface area contributed by atoms with Crippen molar-refractivity contribution >= 4 is 21.6 Å². The van der Waals surface area contributed by atoms with Gasteiger partial charge in [0.15, 0.2) is 5.82 Å². The number of benzene rings is 1. The summed E-state index contributed by atoms with van der Waals surface area (Å²) in [5, 5.41) is 4.61. The first-order valence-electron chi connectivity index (χ1n) is 7.05. The van der Waals surface area contributed by atoms with E-state index in [2.05, 4.69) is 39.3 Å². The molecule has 0 N–H and O–H groups in total. The molecule has 0 unspecified atom stereocenters. The second-order valence-electron chi connectivity index (χ2n) is 5.25. The number of hydrogen-bond donors (Lipinski definition) is 0. The second kappa shape index (κ2) is 5.03. The molecule has 0 atom stereocenters. The molecule has 0 aliphatic rings. The average molecular weight is 306 g/mol. The van der Waals surface area contributed by atoms with Crippen LogP contribution in [0, 0.1) is 13.8 Å². The molecule has 0 saturated carbocycles. The summed E-state index contributed by atoms with van der Waals surface area (Å²) >= 11 is 1.65. The molecule has 3 heterocycles. The average Bonchev–Trinajstić information content (AvgIpc) is 3.12. The largest absolute Gasteiger partial charge is 0.245 e. The van der Waals surface area contributed by atoms with E-state index < -0.39 is 0 Å². The lowest BCUT2D eigenvalue weighted by atomic mass is 10.1. The normalized spacial score (nSPS) is 11.2. The van der Waals surface area contributed by atoms with Crippen LogP contribution in [-0.2, 0) is 0 Å². The van der Waals surface area contributed by atoms with Gasteiger partial charge in [-0.2, -0.15) is 5.10 Å². The van der Waals surface area contributed by atoms with E-state index in [0.29, 0.717) is 0 Å². The molecule has 0 radical (unpaired) electrons. The fourth-order valence-electron chi connectivity index (χ4n) is 2.54. The van der Waals surface area contributed by atoms with Gasteiger partial charge < -0.3 is 0 Å². The van der Waals surface area contributed by atoms with Crippen LogP contribution in [0.3, 0.4) is 0 Å². The molecule has 108 valence electrons. The van der Waals surface area contributed by atoms with Gasteiger partial charge in [-0.3, -0.25) is 0 Å². The highest BCUT2D eigenvalue weighted by Crippen LogP contribution is 2.28. The van der Waals surface area contributed by atoms with Crippen LogP contribution in [0.25, 0.3) is 27.3 Å². The van der Waals surface area contributed by atoms with Gasteiger partial charge in [0.25, 0.3) is 0 Å². The predicted octanol–water partition coefficient (Wildman–Crippen LogP) is 4.16. The van der Waals surface area contributed by atoms with Crippen LogP contribution in [0.4, 0.5) is 0 Å². The van der Waals surface area contributed by atoms with Crippen LogP contribution in [0.2, 0.25) is 0 Å². The predicted molar refractivity (Wildman–Crippen MR) is 89.4 cm³/mol. The Morgan fingerprint density at radius 1 is 1.00 bits per heavy atom.